The summed E-state index contributed by atoms with van der Waals surface area (Å²) in [6.45, 7) is 0. The first-order valence-corrected chi connectivity index (χ1v) is 5.37. The fourth-order valence-electron chi connectivity index (χ4n) is 1.72. The maximum absolute atomic E-state index is 6.08. The van der Waals surface area contributed by atoms with Gasteiger partial charge >= 0.3 is 0 Å². The van der Waals surface area contributed by atoms with Crippen molar-refractivity contribution in [2.45, 2.75) is 18.9 Å². The van der Waals surface area contributed by atoms with Gasteiger partial charge in [-0.3, -0.25) is 4.68 Å². The Morgan fingerprint density at radius 1 is 1.44 bits per heavy atom. The standard InChI is InChI=1S/C11H17N5/c1-15-6-5-13-11(15)4-3-10(12)9-7-14-16(2)8-9/h5-8,10H,3-4,12H2,1-2H3. The van der Waals surface area contributed by atoms with Crippen LogP contribution in [0.1, 0.15) is 23.9 Å². The Labute approximate surface area is 94.9 Å². The van der Waals surface area contributed by atoms with Crippen LogP contribution in [0.2, 0.25) is 0 Å². The number of hydrogen-bond acceptors (Lipinski definition) is 3. The number of aryl methyl sites for hydroxylation is 3. The van der Waals surface area contributed by atoms with Crippen molar-refractivity contribution in [3.8, 4) is 0 Å². The van der Waals surface area contributed by atoms with E-state index in [9.17, 15) is 0 Å². The van der Waals surface area contributed by atoms with Crippen LogP contribution in [-0.2, 0) is 20.5 Å². The summed E-state index contributed by atoms with van der Waals surface area (Å²) in [6, 6.07) is 0.0328. The van der Waals surface area contributed by atoms with E-state index < -0.39 is 0 Å². The highest BCUT2D eigenvalue weighted by molar-refractivity contribution is 5.09. The van der Waals surface area contributed by atoms with Gasteiger partial charge in [0.15, 0.2) is 0 Å². The Balaban J connectivity index is 1.93. The van der Waals surface area contributed by atoms with E-state index in [-0.39, 0.29) is 6.04 Å². The normalized spacial score (nSPS) is 12.9. The molecule has 0 spiro atoms. The van der Waals surface area contributed by atoms with Crippen molar-refractivity contribution >= 4 is 0 Å². The summed E-state index contributed by atoms with van der Waals surface area (Å²) in [5.74, 6) is 1.07. The Kier molecular flexibility index (Phi) is 3.05. The number of nitrogens with two attached hydrogens (primary N) is 1. The largest absolute Gasteiger partial charge is 0.338 e. The fraction of sp³-hybridized carbons (Fsp3) is 0.455. The molecule has 0 aromatic carbocycles. The SMILES string of the molecule is Cn1cc(C(N)CCc2nccn2C)cn1. The molecule has 16 heavy (non-hydrogen) atoms. The van der Waals surface area contributed by atoms with Crippen molar-refractivity contribution in [2.24, 2.45) is 19.8 Å². The molecule has 1 unspecified atom stereocenters. The summed E-state index contributed by atoms with van der Waals surface area (Å²) < 4.78 is 3.80. The molecule has 0 saturated heterocycles. The third kappa shape index (κ3) is 2.30. The molecule has 0 fully saturated rings. The second-order valence-electron chi connectivity index (χ2n) is 4.05. The second kappa shape index (κ2) is 4.49. The first kappa shape index (κ1) is 10.9. The van der Waals surface area contributed by atoms with Crippen LogP contribution < -0.4 is 5.73 Å². The van der Waals surface area contributed by atoms with E-state index in [1.54, 1.807) is 4.68 Å². The predicted molar refractivity (Wildman–Crippen MR) is 61.7 cm³/mol. The molecule has 0 amide bonds. The van der Waals surface area contributed by atoms with Crippen LogP contribution in [0.5, 0.6) is 0 Å². The monoisotopic (exact) mass is 219 g/mol. The van der Waals surface area contributed by atoms with E-state index in [1.807, 2.05) is 43.4 Å². The highest BCUT2D eigenvalue weighted by atomic mass is 15.2. The van der Waals surface area contributed by atoms with Crippen molar-refractivity contribution in [1.82, 2.24) is 19.3 Å². The number of aromatic nitrogens is 4. The molecule has 2 rings (SSSR count). The molecule has 5 heteroatoms. The van der Waals surface area contributed by atoms with Crippen LogP contribution in [0.4, 0.5) is 0 Å². The van der Waals surface area contributed by atoms with Gasteiger partial charge in [0.2, 0.25) is 0 Å². The number of rotatable bonds is 4. The maximum atomic E-state index is 6.08. The zero-order valence-corrected chi connectivity index (χ0v) is 9.67. The second-order valence-corrected chi connectivity index (χ2v) is 4.05. The van der Waals surface area contributed by atoms with Gasteiger partial charge in [-0.1, -0.05) is 0 Å². The van der Waals surface area contributed by atoms with Gasteiger partial charge in [-0.15, -0.1) is 0 Å². The summed E-state index contributed by atoms with van der Waals surface area (Å²) in [5.41, 5.74) is 7.16. The summed E-state index contributed by atoms with van der Waals surface area (Å²) in [7, 11) is 3.90. The third-order valence-electron chi connectivity index (χ3n) is 2.75. The fourth-order valence-corrected chi connectivity index (χ4v) is 1.72. The van der Waals surface area contributed by atoms with Gasteiger partial charge < -0.3 is 10.3 Å². The highest BCUT2D eigenvalue weighted by Crippen LogP contribution is 2.14. The molecule has 0 bridgehead atoms. The van der Waals surface area contributed by atoms with Gasteiger partial charge in [0.05, 0.1) is 6.20 Å². The molecule has 0 radical (unpaired) electrons. The zero-order chi connectivity index (χ0) is 11.5. The lowest BCUT2D eigenvalue weighted by Crippen LogP contribution is -2.12. The van der Waals surface area contributed by atoms with E-state index in [1.165, 1.54) is 0 Å². The average molecular weight is 219 g/mol. The van der Waals surface area contributed by atoms with Crippen molar-refractivity contribution in [2.75, 3.05) is 0 Å². The van der Waals surface area contributed by atoms with Gasteiger partial charge in [0, 0.05) is 50.7 Å². The van der Waals surface area contributed by atoms with Crippen LogP contribution in [0.15, 0.2) is 24.8 Å². The molecule has 2 aromatic rings. The average Bonchev–Trinajstić information content (AvgIpc) is 2.84. The molecule has 2 heterocycles. The van der Waals surface area contributed by atoms with Crippen molar-refractivity contribution < 1.29 is 0 Å². The van der Waals surface area contributed by atoms with Gasteiger partial charge in [-0.2, -0.15) is 5.10 Å². The summed E-state index contributed by atoms with van der Waals surface area (Å²) in [5, 5.41) is 4.12. The lowest BCUT2D eigenvalue weighted by Gasteiger charge is -2.08. The first-order chi connectivity index (χ1) is 7.66. The minimum absolute atomic E-state index is 0.0328. The van der Waals surface area contributed by atoms with Gasteiger partial charge in [-0.25, -0.2) is 4.98 Å². The van der Waals surface area contributed by atoms with Crippen LogP contribution in [0.3, 0.4) is 0 Å². The third-order valence-corrected chi connectivity index (χ3v) is 2.75. The lowest BCUT2D eigenvalue weighted by atomic mass is 10.1. The molecule has 0 saturated carbocycles. The number of imidazole rings is 1. The highest BCUT2D eigenvalue weighted by Gasteiger charge is 2.09. The molecule has 2 aromatic heterocycles. The van der Waals surface area contributed by atoms with Crippen LogP contribution in [-0.4, -0.2) is 19.3 Å². The van der Waals surface area contributed by atoms with Crippen molar-refractivity contribution in [1.29, 1.82) is 0 Å². The van der Waals surface area contributed by atoms with E-state index in [2.05, 4.69) is 10.1 Å². The Bertz CT molecular complexity index is 456. The van der Waals surface area contributed by atoms with E-state index in [0.29, 0.717) is 0 Å². The minimum Gasteiger partial charge on any atom is -0.338 e. The van der Waals surface area contributed by atoms with Gasteiger partial charge in [0.25, 0.3) is 0 Å². The number of hydrogen-bond donors (Lipinski definition) is 1. The van der Waals surface area contributed by atoms with Gasteiger partial charge in [0.1, 0.15) is 5.82 Å². The summed E-state index contributed by atoms with van der Waals surface area (Å²) in [4.78, 5) is 4.27. The quantitative estimate of drug-likeness (QED) is 0.826. The molecule has 2 N–H and O–H groups in total. The molecule has 86 valence electrons. The number of nitrogens with zero attached hydrogens (tertiary/aromatic N) is 4. The summed E-state index contributed by atoms with van der Waals surface area (Å²) >= 11 is 0. The predicted octanol–water partition coefficient (Wildman–Crippen LogP) is 0.786. The van der Waals surface area contributed by atoms with Crippen molar-refractivity contribution in [3.05, 3.63) is 36.2 Å². The maximum Gasteiger partial charge on any atom is 0.108 e. The van der Waals surface area contributed by atoms with Crippen molar-refractivity contribution in [3.63, 3.8) is 0 Å². The van der Waals surface area contributed by atoms with E-state index >= 15 is 0 Å². The Morgan fingerprint density at radius 2 is 2.25 bits per heavy atom. The Morgan fingerprint density at radius 3 is 2.81 bits per heavy atom. The smallest absolute Gasteiger partial charge is 0.108 e. The first-order valence-electron chi connectivity index (χ1n) is 5.37. The van der Waals surface area contributed by atoms with E-state index in [4.69, 9.17) is 5.73 Å². The molecular weight excluding hydrogens is 202 g/mol. The zero-order valence-electron chi connectivity index (χ0n) is 9.67. The van der Waals surface area contributed by atoms with Crippen LogP contribution in [0, 0.1) is 0 Å². The minimum atomic E-state index is 0.0328. The molecular formula is C11H17N5. The molecule has 0 aliphatic carbocycles. The molecule has 0 aliphatic rings. The van der Waals surface area contributed by atoms with Crippen LogP contribution >= 0.6 is 0 Å². The topological polar surface area (TPSA) is 61.7 Å². The van der Waals surface area contributed by atoms with Crippen LogP contribution in [0.25, 0.3) is 0 Å². The van der Waals surface area contributed by atoms with E-state index in [0.717, 1.165) is 24.2 Å². The Hall–Kier alpha value is -1.62. The lowest BCUT2D eigenvalue weighted by molar-refractivity contribution is 0.620. The van der Waals surface area contributed by atoms with Gasteiger partial charge in [-0.05, 0) is 6.42 Å². The molecule has 0 aliphatic heterocycles. The molecule has 5 nitrogen and oxygen atoms in total. The molecule has 1 atom stereocenters. The summed E-state index contributed by atoms with van der Waals surface area (Å²) in [6.07, 6.45) is 9.32.